The van der Waals surface area contributed by atoms with Gasteiger partial charge < -0.3 is 9.47 Å². The Balaban J connectivity index is 3.00. The lowest BCUT2D eigenvalue weighted by Gasteiger charge is -2.43. The van der Waals surface area contributed by atoms with Gasteiger partial charge in [-0.15, -0.1) is 6.58 Å². The number of halogens is 1. The average molecular weight is 399 g/mol. The quantitative estimate of drug-likeness (QED) is 0.166. The largest absolute Gasteiger partial charge is 0.359 e. The summed E-state index contributed by atoms with van der Waals surface area (Å²) in [5.74, 6) is 0.343. The minimum Gasteiger partial charge on any atom is -0.359 e. The molecule has 2 unspecified atom stereocenters. The highest BCUT2D eigenvalue weighted by molar-refractivity contribution is 9.09. The Labute approximate surface area is 155 Å². The van der Waals surface area contributed by atoms with Crippen LogP contribution in [-0.4, -0.2) is 31.1 Å². The first-order valence-electron chi connectivity index (χ1n) is 8.60. The molecule has 0 radical (unpaired) electrons. The lowest BCUT2D eigenvalue weighted by Crippen LogP contribution is -2.41. The van der Waals surface area contributed by atoms with Gasteiger partial charge in [-0.05, 0) is 50.0 Å². The van der Waals surface area contributed by atoms with Gasteiger partial charge in [0.15, 0.2) is 5.78 Å². The van der Waals surface area contributed by atoms with Crippen molar-refractivity contribution in [2.45, 2.75) is 52.6 Å². The molecule has 0 saturated carbocycles. The molecule has 2 atom stereocenters. The number of ether oxygens (including phenoxy) is 2. The number of rotatable bonds is 10. The highest BCUT2D eigenvalue weighted by Crippen LogP contribution is 2.47. The second-order valence-electron chi connectivity index (χ2n) is 6.89. The fraction of sp³-hybridized carbons (Fsp3) is 0.650. The lowest BCUT2D eigenvalue weighted by atomic mass is 9.62. The van der Waals surface area contributed by atoms with Crippen LogP contribution in [0, 0.1) is 11.3 Å². The van der Waals surface area contributed by atoms with Crippen LogP contribution in [-0.2, 0) is 14.3 Å². The summed E-state index contributed by atoms with van der Waals surface area (Å²) in [6.07, 6.45) is 9.30. The number of allylic oxidation sites excluding steroid dienone is 4. The number of hydrogen-bond donors (Lipinski definition) is 0. The van der Waals surface area contributed by atoms with Gasteiger partial charge >= 0.3 is 0 Å². The first-order chi connectivity index (χ1) is 11.4. The maximum Gasteiger partial charge on any atom is 0.181 e. The molecule has 3 nitrogen and oxygen atoms in total. The van der Waals surface area contributed by atoms with Crippen molar-refractivity contribution in [2.75, 3.05) is 19.2 Å². The molecule has 1 rings (SSSR count). The molecule has 0 N–H and O–H groups in total. The molecule has 0 saturated heterocycles. The predicted octanol–water partition coefficient (Wildman–Crippen LogP) is 5.21. The molecular formula is C20H31BrO3. The van der Waals surface area contributed by atoms with Gasteiger partial charge in [0.2, 0.25) is 0 Å². The van der Waals surface area contributed by atoms with Crippen molar-refractivity contribution in [3.8, 4) is 0 Å². The Hall–Kier alpha value is -0.710. The monoisotopic (exact) mass is 398 g/mol. The van der Waals surface area contributed by atoms with Gasteiger partial charge in [-0.3, -0.25) is 4.79 Å². The summed E-state index contributed by atoms with van der Waals surface area (Å²) in [7, 11) is 1.61. The first kappa shape index (κ1) is 21.3. The fourth-order valence-corrected chi connectivity index (χ4v) is 3.98. The maximum atomic E-state index is 12.8. The Morgan fingerprint density at radius 2 is 2.21 bits per heavy atom. The molecule has 0 aromatic heterocycles. The van der Waals surface area contributed by atoms with Crippen LogP contribution in [0.15, 0.2) is 36.0 Å². The van der Waals surface area contributed by atoms with E-state index in [4.69, 9.17) is 9.47 Å². The van der Waals surface area contributed by atoms with E-state index in [1.54, 1.807) is 13.2 Å². The average Bonchev–Trinajstić information content (AvgIpc) is 2.53. The minimum atomic E-state index is -0.258. The highest BCUT2D eigenvalue weighted by atomic mass is 79.9. The van der Waals surface area contributed by atoms with Crippen molar-refractivity contribution in [1.82, 2.24) is 0 Å². The summed E-state index contributed by atoms with van der Waals surface area (Å²) in [4.78, 5) is 12.8. The summed E-state index contributed by atoms with van der Waals surface area (Å²) in [6, 6.07) is 0. The van der Waals surface area contributed by atoms with E-state index in [1.807, 2.05) is 12.2 Å². The molecule has 0 spiro atoms. The molecule has 0 aromatic carbocycles. The number of alkyl halides is 1. The van der Waals surface area contributed by atoms with Gasteiger partial charge in [0.1, 0.15) is 6.79 Å². The van der Waals surface area contributed by atoms with E-state index in [1.165, 1.54) is 5.57 Å². The zero-order valence-corrected chi connectivity index (χ0v) is 17.0. The van der Waals surface area contributed by atoms with Crippen molar-refractivity contribution in [3.63, 3.8) is 0 Å². The SMILES string of the molecule is C=CC(OCOC)C1CCC(C)=C(C(=O)/C=C/CCCBr)C1(C)C. The molecule has 0 amide bonds. The van der Waals surface area contributed by atoms with Crippen LogP contribution in [0.2, 0.25) is 0 Å². The normalized spacial score (nSPS) is 22.0. The number of methoxy groups -OCH3 is 1. The molecule has 0 aromatic rings. The summed E-state index contributed by atoms with van der Waals surface area (Å²) in [5.41, 5.74) is 1.87. The summed E-state index contributed by atoms with van der Waals surface area (Å²) < 4.78 is 10.8. The third-order valence-electron chi connectivity index (χ3n) is 4.86. The van der Waals surface area contributed by atoms with Crippen LogP contribution in [0.5, 0.6) is 0 Å². The topological polar surface area (TPSA) is 35.5 Å². The van der Waals surface area contributed by atoms with E-state index in [-0.39, 0.29) is 30.0 Å². The van der Waals surface area contributed by atoms with Gasteiger partial charge in [0.25, 0.3) is 0 Å². The summed E-state index contributed by atoms with van der Waals surface area (Å²) in [5, 5.41) is 0.957. The molecular weight excluding hydrogens is 368 g/mol. The predicted molar refractivity (Wildman–Crippen MR) is 103 cm³/mol. The zero-order valence-electron chi connectivity index (χ0n) is 15.4. The van der Waals surface area contributed by atoms with Gasteiger partial charge in [-0.25, -0.2) is 0 Å². The van der Waals surface area contributed by atoms with Crippen molar-refractivity contribution in [2.24, 2.45) is 11.3 Å². The molecule has 0 heterocycles. The Bertz CT molecular complexity index is 491. The molecule has 4 heteroatoms. The zero-order chi connectivity index (χ0) is 18.2. The van der Waals surface area contributed by atoms with E-state index in [9.17, 15) is 4.79 Å². The Morgan fingerprint density at radius 3 is 2.79 bits per heavy atom. The van der Waals surface area contributed by atoms with E-state index >= 15 is 0 Å². The first-order valence-corrected chi connectivity index (χ1v) is 9.72. The smallest absolute Gasteiger partial charge is 0.181 e. The van der Waals surface area contributed by atoms with Crippen LogP contribution in [0.25, 0.3) is 0 Å². The van der Waals surface area contributed by atoms with Crippen LogP contribution < -0.4 is 0 Å². The van der Waals surface area contributed by atoms with E-state index in [0.717, 1.165) is 36.6 Å². The number of unbranched alkanes of at least 4 members (excludes halogenated alkanes) is 1. The van der Waals surface area contributed by atoms with Crippen LogP contribution in [0.4, 0.5) is 0 Å². The van der Waals surface area contributed by atoms with Crippen LogP contribution in [0.3, 0.4) is 0 Å². The summed E-state index contributed by atoms with van der Waals surface area (Å²) >= 11 is 3.41. The summed E-state index contributed by atoms with van der Waals surface area (Å²) in [6.45, 7) is 10.5. The lowest BCUT2D eigenvalue weighted by molar-refractivity contribution is -0.114. The fourth-order valence-electron chi connectivity index (χ4n) is 3.66. The number of carbonyl (C=O) groups is 1. The third-order valence-corrected chi connectivity index (χ3v) is 5.42. The van der Waals surface area contributed by atoms with E-state index in [2.05, 4.69) is 43.3 Å². The molecule has 24 heavy (non-hydrogen) atoms. The maximum absolute atomic E-state index is 12.8. The molecule has 0 aliphatic heterocycles. The Morgan fingerprint density at radius 1 is 1.50 bits per heavy atom. The van der Waals surface area contributed by atoms with E-state index in [0.29, 0.717) is 0 Å². The molecule has 1 aliphatic rings. The molecule has 0 fully saturated rings. The van der Waals surface area contributed by atoms with Crippen molar-refractivity contribution in [3.05, 3.63) is 36.0 Å². The number of carbonyl (C=O) groups excluding carboxylic acids is 1. The number of hydrogen-bond acceptors (Lipinski definition) is 3. The van der Waals surface area contributed by atoms with Gasteiger partial charge in [0, 0.05) is 18.0 Å². The van der Waals surface area contributed by atoms with Gasteiger partial charge in [-0.2, -0.15) is 0 Å². The molecule has 0 bridgehead atoms. The van der Waals surface area contributed by atoms with Crippen molar-refractivity contribution >= 4 is 21.7 Å². The van der Waals surface area contributed by atoms with Crippen molar-refractivity contribution in [1.29, 1.82) is 0 Å². The van der Waals surface area contributed by atoms with Crippen LogP contribution in [0.1, 0.15) is 46.5 Å². The van der Waals surface area contributed by atoms with Gasteiger partial charge in [-0.1, -0.05) is 47.5 Å². The minimum absolute atomic E-state index is 0.117. The Kier molecular flexibility index (Phi) is 9.17. The molecule has 1 aliphatic carbocycles. The van der Waals surface area contributed by atoms with E-state index < -0.39 is 0 Å². The van der Waals surface area contributed by atoms with Crippen LogP contribution >= 0.6 is 15.9 Å². The highest BCUT2D eigenvalue weighted by Gasteiger charge is 2.43. The number of ketones is 1. The van der Waals surface area contributed by atoms with Crippen molar-refractivity contribution < 1.29 is 14.3 Å². The second kappa shape index (κ2) is 10.3. The standard InChI is InChI=1S/C20H31BrO3/c1-6-18(24-14-23-5)16-12-11-15(2)19(20(16,3)4)17(22)10-8-7-9-13-21/h6,8,10,16,18H,1,7,9,11-14H2,2-5H3/b10-8+. The van der Waals surface area contributed by atoms with Gasteiger partial charge in [0.05, 0.1) is 6.10 Å². The third kappa shape index (κ3) is 5.40. The molecule has 136 valence electrons. The second-order valence-corrected chi connectivity index (χ2v) is 7.69.